The Morgan fingerprint density at radius 1 is 0.466 bits per heavy atom. The van der Waals surface area contributed by atoms with Crippen molar-refractivity contribution in [3.8, 4) is 5.75 Å². The second kappa shape index (κ2) is 31.6. The van der Waals surface area contributed by atoms with Crippen LogP contribution in [0, 0.1) is 5.92 Å². The molecule has 116 heavy (non-hydrogen) atoms. The van der Waals surface area contributed by atoms with E-state index < -0.39 is 0 Å². The van der Waals surface area contributed by atoms with Gasteiger partial charge in [0.1, 0.15) is 5.75 Å². The lowest BCUT2D eigenvalue weighted by molar-refractivity contribution is 0.136. The molecule has 21 nitrogen and oxygen atoms in total. The fourth-order valence-corrected chi connectivity index (χ4v) is 23.0. The molecule has 0 spiro atoms. The van der Waals surface area contributed by atoms with Crippen LogP contribution in [0.3, 0.4) is 0 Å². The van der Waals surface area contributed by atoms with Gasteiger partial charge in [-0.1, -0.05) is 115 Å². The number of benzene rings is 6. The van der Waals surface area contributed by atoms with Gasteiger partial charge < -0.3 is 19.5 Å². The van der Waals surface area contributed by atoms with Crippen LogP contribution >= 0.6 is 0 Å². The third kappa shape index (κ3) is 13.7. The largest absolute Gasteiger partial charge is 0.443 e. The molecule has 6 fully saturated rings. The number of likely N-dealkylation sites (tertiary alicyclic amines) is 5. The van der Waals surface area contributed by atoms with Crippen LogP contribution in [0.2, 0.25) is 0 Å². The third-order valence-corrected chi connectivity index (χ3v) is 27.5. The van der Waals surface area contributed by atoms with Gasteiger partial charge in [-0.2, -0.15) is 25.5 Å². The monoisotopic (exact) mass is 1550 g/mol. The van der Waals surface area contributed by atoms with Crippen LogP contribution in [-0.4, -0.2) is 187 Å². The number of piperidine rings is 6. The van der Waals surface area contributed by atoms with Gasteiger partial charge in [-0.3, -0.25) is 34.0 Å². The maximum atomic E-state index is 12.3. The molecule has 0 saturated carbocycles. The molecule has 12 bridgehead atoms. The molecule has 6 saturated heterocycles. The molecule has 13 atom stereocenters. The number of fused-ring (bicyclic) bond motifs is 24. The van der Waals surface area contributed by atoms with Gasteiger partial charge in [0, 0.05) is 193 Å². The van der Waals surface area contributed by atoms with Gasteiger partial charge in [0.15, 0.2) is 11.5 Å². The minimum atomic E-state index is -0.0593. The Morgan fingerprint density at radius 3 is 1.53 bits per heavy atom. The number of nitrogens with one attached hydrogen (secondary N) is 2. The van der Waals surface area contributed by atoms with Crippen LogP contribution in [-0.2, 0) is 14.1 Å². The zero-order valence-electron chi connectivity index (χ0n) is 67.4. The lowest BCUT2D eigenvalue weighted by Crippen LogP contribution is -2.45. The molecule has 7 aliphatic heterocycles. The minimum Gasteiger partial charge on any atom is -0.443 e. The first-order valence-electron chi connectivity index (χ1n) is 42.5. The van der Waals surface area contributed by atoms with Crippen molar-refractivity contribution in [2.75, 3.05) is 111 Å². The number of nitrogens with zero attached hydrogens (tertiary/aromatic N) is 14. The van der Waals surface area contributed by atoms with Crippen LogP contribution < -0.4 is 26.7 Å². The molecule has 0 radical (unpaired) electrons. The van der Waals surface area contributed by atoms with Crippen molar-refractivity contribution in [3.05, 3.63) is 264 Å². The molecular weight excluding hydrogens is 1450 g/mol. The standard InChI is InChI=1S/C17H19N3O.C17H20N2O.C16H19N3O.C16H17N3.C15H16N2O.C14H15N3O/c1-3-7-20-9-11-8-12(10-20)16-15-13(11)5-4-6-14(15)17(21)19(2)18-16;1-3-7-19-9-12-8-13(10-19)17-16-14(12)5-4-6-15(16)20-11(2)18-17;1-2-6-19-8-10-7-11(9-19)15-14-12(10)4-3-5-13(14)16(20)18-17-15;1-2-6-19-9-12-7-13(10-19)16-15-11(8-17-18-16)4-3-5-14(12)15;1-2-6-17-8-10-7-11(9-17)15-14-12(10)4-3-5-13(14)18-16-15;1-17-14(18)11-4-2-3-10-8-5-9(7-15-6-8)13(16-17)12(10)11/h3-6,11-12H,1,7-10H2,2H3;3-6,12-13,17H,1,7-10H2,2H3;3-5,10-11H,2,6-9H2,1H3,(H,18,20);2-5,8,12-13H,1,6-7,9-10H2;2-5,10-11H,1,6-9H2;2-4,8-9,15H,5-7H2,1H3. The van der Waals surface area contributed by atoms with Crippen LogP contribution in [0.25, 0.3) is 54.1 Å². The van der Waals surface area contributed by atoms with Crippen LogP contribution in [0.1, 0.15) is 197 Å². The fraction of sp³-hybridized carbons (Fsp3) is 0.432. The summed E-state index contributed by atoms with van der Waals surface area (Å²) in [6.45, 7) is 37.6. The highest BCUT2D eigenvalue weighted by atomic mass is 16.5. The first kappa shape index (κ1) is 75.8. The maximum absolute atomic E-state index is 12.3. The van der Waals surface area contributed by atoms with Gasteiger partial charge in [-0.05, 0) is 157 Å². The van der Waals surface area contributed by atoms with E-state index in [2.05, 4.69) is 166 Å². The number of H-pyrrole nitrogens is 1. The molecule has 13 aliphatic rings. The predicted molar refractivity (Wildman–Crippen MR) is 460 cm³/mol. The van der Waals surface area contributed by atoms with Crippen molar-refractivity contribution in [3.63, 3.8) is 0 Å². The van der Waals surface area contributed by atoms with Crippen LogP contribution in [0.15, 0.2) is 190 Å². The summed E-state index contributed by atoms with van der Waals surface area (Å²) in [5, 5.41) is 42.4. The Hall–Kier alpha value is -10.3. The van der Waals surface area contributed by atoms with E-state index in [4.69, 9.17) is 14.3 Å². The number of rotatable bonds is 10. The van der Waals surface area contributed by atoms with E-state index in [1.165, 1.54) is 108 Å². The summed E-state index contributed by atoms with van der Waals surface area (Å²) in [7, 11) is 3.49. The van der Waals surface area contributed by atoms with E-state index in [0.29, 0.717) is 77.1 Å². The van der Waals surface area contributed by atoms with Crippen molar-refractivity contribution < 1.29 is 9.26 Å². The maximum Gasteiger partial charge on any atom is 0.274 e. The summed E-state index contributed by atoms with van der Waals surface area (Å²) in [6.07, 6.45) is 18.2. The smallest absolute Gasteiger partial charge is 0.274 e. The second-order valence-electron chi connectivity index (χ2n) is 34.9. The summed E-state index contributed by atoms with van der Waals surface area (Å²) < 4.78 is 14.3. The minimum absolute atomic E-state index is 0.0125. The highest BCUT2D eigenvalue weighted by Crippen LogP contribution is 2.53. The Morgan fingerprint density at radius 2 is 0.922 bits per heavy atom. The van der Waals surface area contributed by atoms with Gasteiger partial charge in [-0.15, -0.1) is 26.3 Å². The number of aliphatic imine (C=N–C) groups is 1. The van der Waals surface area contributed by atoms with Crippen molar-refractivity contribution in [2.24, 2.45) is 25.0 Å². The number of hydrogen-bond donors (Lipinski definition) is 2. The molecule has 596 valence electrons. The highest BCUT2D eigenvalue weighted by Gasteiger charge is 2.45. The van der Waals surface area contributed by atoms with Crippen molar-refractivity contribution in [2.45, 2.75) is 130 Å². The fourth-order valence-electron chi connectivity index (χ4n) is 23.0. The Balaban J connectivity index is 0.0000000929. The van der Waals surface area contributed by atoms with Gasteiger partial charge >= 0.3 is 0 Å². The van der Waals surface area contributed by atoms with Gasteiger partial charge in [0.25, 0.3) is 16.7 Å². The Labute approximate surface area is 676 Å². The number of aromatic nitrogens is 9. The van der Waals surface area contributed by atoms with E-state index in [1.54, 1.807) is 14.1 Å². The summed E-state index contributed by atoms with van der Waals surface area (Å²) in [4.78, 5) is 53.8. The van der Waals surface area contributed by atoms with Crippen molar-refractivity contribution in [1.82, 2.24) is 74.9 Å². The molecule has 6 aromatic carbocycles. The number of ether oxygens (including phenoxy) is 1. The average Bonchev–Trinajstić information content (AvgIpc) is 0.865. The second-order valence-corrected chi connectivity index (χ2v) is 34.9. The predicted octanol–water partition coefficient (Wildman–Crippen LogP) is 14.1. The van der Waals surface area contributed by atoms with Gasteiger partial charge in [0.05, 0.1) is 56.9 Å². The van der Waals surface area contributed by atoms with E-state index in [-0.39, 0.29) is 16.7 Å². The van der Waals surface area contributed by atoms with Crippen LogP contribution in [0.5, 0.6) is 5.75 Å². The van der Waals surface area contributed by atoms with Gasteiger partial charge in [0.2, 0.25) is 0 Å². The summed E-state index contributed by atoms with van der Waals surface area (Å²) in [5.74, 6) is 8.34. The number of aromatic amines is 1. The van der Waals surface area contributed by atoms with E-state index in [9.17, 15) is 14.4 Å². The zero-order chi connectivity index (χ0) is 79.1. The summed E-state index contributed by atoms with van der Waals surface area (Å²) in [5.41, 5.74) is 16.2. The molecule has 11 aromatic rings. The SMILES string of the molecule is C=CCN1CC2CC(C1)C1N=C(C)Oc3cccc2c31.C=CCN1CC2CC(C1)c1nn(C)c(=O)c3cccc2c13.C=CCN1CC2CC(C1)c1nncc3cccc2c13.C=CCN1CC2CC(C1)c1noc3cccc2c13.CCCN1CC2CC(C1)c1n[nH]c(=O)c3cccc2c13.Cn1nc2c3c(cccc3c1=O)C1CNCC2C1. The lowest BCUT2D eigenvalue weighted by Gasteiger charge is -2.46. The Bertz CT molecular complexity index is 5860. The number of aryl methyl sites for hydroxylation is 2. The topological polar surface area (TPSA) is 217 Å². The first-order chi connectivity index (χ1) is 56.7. The molecule has 0 amide bonds. The molecule has 2 N–H and O–H groups in total. The Kier molecular flexibility index (Phi) is 20.7. The van der Waals surface area contributed by atoms with Crippen molar-refractivity contribution >= 4 is 60.0 Å². The van der Waals surface area contributed by atoms with E-state index in [1.807, 2.05) is 79.9 Å². The normalized spacial score (nSPS) is 26.3. The van der Waals surface area contributed by atoms with Crippen LogP contribution in [0.4, 0.5) is 0 Å². The lowest BCUT2D eigenvalue weighted by atomic mass is 9.70. The molecule has 13 unspecified atom stereocenters. The molecular formula is C95H106N16O5. The molecule has 12 heterocycles. The molecule has 5 aromatic heterocycles. The molecule has 6 aliphatic carbocycles. The molecule has 21 heteroatoms. The number of hydrogen-bond acceptors (Lipinski definition) is 18. The van der Waals surface area contributed by atoms with E-state index >= 15 is 0 Å². The molecule has 24 rings (SSSR count). The third-order valence-electron chi connectivity index (χ3n) is 27.5. The highest BCUT2D eigenvalue weighted by molar-refractivity contribution is 5.92. The van der Waals surface area contributed by atoms with Crippen molar-refractivity contribution in [1.29, 1.82) is 0 Å². The summed E-state index contributed by atoms with van der Waals surface area (Å²) >= 11 is 0. The average molecular weight is 1550 g/mol. The first-order valence-corrected chi connectivity index (χ1v) is 42.5. The zero-order valence-corrected chi connectivity index (χ0v) is 67.4. The van der Waals surface area contributed by atoms with Gasteiger partial charge in [-0.25, -0.2) is 19.5 Å². The quantitative estimate of drug-likeness (QED) is 0.122. The summed E-state index contributed by atoms with van der Waals surface area (Å²) in [6, 6.07) is 38.0. The van der Waals surface area contributed by atoms with E-state index in [0.717, 1.165) is 191 Å².